The number of nitrogens with one attached hydrogen (secondary N) is 2. The molecule has 0 saturated carbocycles. The van der Waals surface area contributed by atoms with Gasteiger partial charge in [0.05, 0.1) is 0 Å². The summed E-state index contributed by atoms with van der Waals surface area (Å²) >= 11 is 1.85. The van der Waals surface area contributed by atoms with E-state index in [1.165, 1.54) is 6.33 Å². The van der Waals surface area contributed by atoms with Crippen LogP contribution in [0, 0.1) is 12.8 Å². The molecule has 0 aromatic carbocycles. The molecule has 1 heterocycles. The number of hydrogen-bond donors (Lipinski definition) is 3. The van der Waals surface area contributed by atoms with Crippen molar-refractivity contribution in [1.29, 1.82) is 0 Å². The van der Waals surface area contributed by atoms with Gasteiger partial charge < -0.3 is 10.7 Å². The number of thioether (sulfide) groups is 1. The SMILES string of the molecule is CSCC(C)CNc1ncnc(NN)c1C. The highest BCUT2D eigenvalue weighted by atomic mass is 32.2. The second-order valence-corrected chi connectivity index (χ2v) is 4.69. The standard InChI is InChI=1S/C10H19N5S/c1-7(5-16-3)4-12-9-8(2)10(15-11)14-6-13-9/h6-7H,4-5,11H2,1-3H3,(H2,12,13,14,15). The largest absolute Gasteiger partial charge is 0.369 e. The average Bonchev–Trinajstić information content (AvgIpc) is 2.28. The molecule has 1 aromatic heterocycles. The topological polar surface area (TPSA) is 75.9 Å². The van der Waals surface area contributed by atoms with Gasteiger partial charge in [-0.15, -0.1) is 0 Å². The van der Waals surface area contributed by atoms with Crippen molar-refractivity contribution < 1.29 is 0 Å². The second-order valence-electron chi connectivity index (χ2n) is 3.78. The molecule has 1 rings (SSSR count). The molecule has 5 nitrogen and oxygen atoms in total. The van der Waals surface area contributed by atoms with Gasteiger partial charge in [-0.25, -0.2) is 15.8 Å². The van der Waals surface area contributed by atoms with Crippen LogP contribution >= 0.6 is 11.8 Å². The molecule has 6 heteroatoms. The van der Waals surface area contributed by atoms with Crippen LogP contribution < -0.4 is 16.6 Å². The summed E-state index contributed by atoms with van der Waals surface area (Å²) in [7, 11) is 0. The lowest BCUT2D eigenvalue weighted by atomic mass is 10.2. The predicted octanol–water partition coefficient (Wildman–Crippen LogP) is 1.48. The number of rotatable bonds is 6. The minimum atomic E-state index is 0.610. The molecule has 0 amide bonds. The van der Waals surface area contributed by atoms with Gasteiger partial charge in [-0.1, -0.05) is 6.92 Å². The second kappa shape index (κ2) is 6.55. The van der Waals surface area contributed by atoms with E-state index in [4.69, 9.17) is 5.84 Å². The first-order valence-electron chi connectivity index (χ1n) is 5.20. The van der Waals surface area contributed by atoms with E-state index < -0.39 is 0 Å². The van der Waals surface area contributed by atoms with Gasteiger partial charge in [0, 0.05) is 12.1 Å². The lowest BCUT2D eigenvalue weighted by molar-refractivity contribution is 0.699. The normalized spacial score (nSPS) is 12.2. The van der Waals surface area contributed by atoms with Crippen LogP contribution in [0.1, 0.15) is 12.5 Å². The van der Waals surface area contributed by atoms with Crippen LogP contribution in [0.4, 0.5) is 11.6 Å². The van der Waals surface area contributed by atoms with Crippen molar-refractivity contribution in [3.63, 3.8) is 0 Å². The van der Waals surface area contributed by atoms with Crippen LogP contribution in [-0.4, -0.2) is 28.5 Å². The molecule has 0 radical (unpaired) electrons. The number of nitrogens with zero attached hydrogens (tertiary/aromatic N) is 2. The van der Waals surface area contributed by atoms with Crippen molar-refractivity contribution >= 4 is 23.4 Å². The fourth-order valence-electron chi connectivity index (χ4n) is 1.39. The Morgan fingerprint density at radius 1 is 1.44 bits per heavy atom. The van der Waals surface area contributed by atoms with Gasteiger partial charge in [0.1, 0.15) is 18.0 Å². The lowest BCUT2D eigenvalue weighted by Crippen LogP contribution is -2.17. The zero-order chi connectivity index (χ0) is 12.0. The first-order valence-corrected chi connectivity index (χ1v) is 6.59. The van der Waals surface area contributed by atoms with Crippen LogP contribution in [0.15, 0.2) is 6.33 Å². The molecule has 1 unspecified atom stereocenters. The van der Waals surface area contributed by atoms with Gasteiger partial charge in [-0.3, -0.25) is 0 Å². The van der Waals surface area contributed by atoms with E-state index in [-0.39, 0.29) is 0 Å². The third kappa shape index (κ3) is 3.53. The Morgan fingerprint density at radius 2 is 2.12 bits per heavy atom. The lowest BCUT2D eigenvalue weighted by Gasteiger charge is -2.14. The summed E-state index contributed by atoms with van der Waals surface area (Å²) in [5, 5.41) is 3.31. The van der Waals surface area contributed by atoms with E-state index in [0.717, 1.165) is 23.7 Å². The molecule has 90 valence electrons. The molecule has 0 bridgehead atoms. The summed E-state index contributed by atoms with van der Waals surface area (Å²) in [6.07, 6.45) is 3.62. The molecule has 0 saturated heterocycles. The van der Waals surface area contributed by atoms with Crippen molar-refractivity contribution in [1.82, 2.24) is 9.97 Å². The Hall–Kier alpha value is -1.01. The highest BCUT2D eigenvalue weighted by molar-refractivity contribution is 7.98. The van der Waals surface area contributed by atoms with Crippen molar-refractivity contribution in [3.05, 3.63) is 11.9 Å². The van der Waals surface area contributed by atoms with Gasteiger partial charge in [-0.05, 0) is 24.9 Å². The van der Waals surface area contributed by atoms with Crippen LogP contribution in [0.5, 0.6) is 0 Å². The van der Waals surface area contributed by atoms with Crippen LogP contribution in [0.2, 0.25) is 0 Å². The number of nitrogens with two attached hydrogens (primary N) is 1. The third-order valence-electron chi connectivity index (χ3n) is 2.29. The number of nitrogen functional groups attached to an aromatic ring is 1. The van der Waals surface area contributed by atoms with E-state index >= 15 is 0 Å². The van der Waals surface area contributed by atoms with Crippen LogP contribution in [-0.2, 0) is 0 Å². The first-order chi connectivity index (χ1) is 7.69. The smallest absolute Gasteiger partial charge is 0.148 e. The van der Waals surface area contributed by atoms with E-state index in [2.05, 4.69) is 33.9 Å². The summed E-state index contributed by atoms with van der Waals surface area (Å²) in [6, 6.07) is 0. The van der Waals surface area contributed by atoms with E-state index in [1.807, 2.05) is 18.7 Å². The minimum Gasteiger partial charge on any atom is -0.369 e. The summed E-state index contributed by atoms with van der Waals surface area (Å²) in [5.74, 6) is 8.61. The molecule has 0 fully saturated rings. The van der Waals surface area contributed by atoms with E-state index in [9.17, 15) is 0 Å². The quantitative estimate of drug-likeness (QED) is 0.517. The van der Waals surface area contributed by atoms with Crippen molar-refractivity contribution in [2.75, 3.05) is 29.3 Å². The zero-order valence-electron chi connectivity index (χ0n) is 9.95. The maximum Gasteiger partial charge on any atom is 0.148 e. The van der Waals surface area contributed by atoms with Crippen molar-refractivity contribution in [2.45, 2.75) is 13.8 Å². The molecule has 1 aromatic rings. The van der Waals surface area contributed by atoms with Gasteiger partial charge in [0.25, 0.3) is 0 Å². The third-order valence-corrected chi connectivity index (χ3v) is 3.19. The first kappa shape index (κ1) is 13.1. The Bertz CT molecular complexity index is 331. The summed E-state index contributed by atoms with van der Waals surface area (Å²) in [6.45, 7) is 5.06. The van der Waals surface area contributed by atoms with E-state index in [0.29, 0.717) is 11.7 Å². The Morgan fingerprint density at radius 3 is 2.75 bits per heavy atom. The minimum absolute atomic E-state index is 0.610. The number of hydrogen-bond acceptors (Lipinski definition) is 6. The van der Waals surface area contributed by atoms with Gasteiger partial charge in [0.2, 0.25) is 0 Å². The highest BCUT2D eigenvalue weighted by Crippen LogP contribution is 2.17. The summed E-state index contributed by atoms with van der Waals surface area (Å²) in [4.78, 5) is 8.22. The molecular formula is C10H19N5S. The fourth-order valence-corrected chi connectivity index (χ4v) is 2.08. The Balaban J connectivity index is 2.60. The van der Waals surface area contributed by atoms with Crippen LogP contribution in [0.3, 0.4) is 0 Å². The highest BCUT2D eigenvalue weighted by Gasteiger charge is 2.07. The fraction of sp³-hybridized carbons (Fsp3) is 0.600. The Labute approximate surface area is 101 Å². The molecule has 4 N–H and O–H groups in total. The van der Waals surface area contributed by atoms with E-state index in [1.54, 1.807) is 0 Å². The molecular weight excluding hydrogens is 222 g/mol. The maximum absolute atomic E-state index is 5.35. The molecule has 1 atom stereocenters. The molecule has 0 aliphatic carbocycles. The number of anilines is 2. The average molecular weight is 241 g/mol. The molecule has 0 aliphatic heterocycles. The van der Waals surface area contributed by atoms with Crippen molar-refractivity contribution in [2.24, 2.45) is 11.8 Å². The number of aromatic nitrogens is 2. The number of hydrazine groups is 1. The van der Waals surface area contributed by atoms with Gasteiger partial charge >= 0.3 is 0 Å². The molecule has 0 aliphatic rings. The monoisotopic (exact) mass is 241 g/mol. The Kier molecular flexibility index (Phi) is 5.34. The zero-order valence-corrected chi connectivity index (χ0v) is 10.8. The van der Waals surface area contributed by atoms with Crippen LogP contribution in [0.25, 0.3) is 0 Å². The van der Waals surface area contributed by atoms with Crippen molar-refractivity contribution in [3.8, 4) is 0 Å². The maximum atomic E-state index is 5.35. The van der Waals surface area contributed by atoms with Gasteiger partial charge in [-0.2, -0.15) is 11.8 Å². The molecule has 16 heavy (non-hydrogen) atoms. The summed E-state index contributed by atoms with van der Waals surface area (Å²) < 4.78 is 0. The molecule has 0 spiro atoms. The predicted molar refractivity (Wildman–Crippen MR) is 70.6 cm³/mol. The van der Waals surface area contributed by atoms with Gasteiger partial charge in [0.15, 0.2) is 0 Å². The summed E-state index contributed by atoms with van der Waals surface area (Å²) in [5.41, 5.74) is 3.50.